The average Bonchev–Trinajstić information content (AvgIpc) is 2.10. The van der Waals surface area contributed by atoms with E-state index in [4.69, 9.17) is 15.2 Å². The zero-order chi connectivity index (χ0) is 9.07. The molecule has 0 aromatic rings. The van der Waals surface area contributed by atoms with Crippen LogP contribution in [0.15, 0.2) is 0 Å². The van der Waals surface area contributed by atoms with Crippen LogP contribution in [0.4, 0.5) is 0 Å². The molecule has 2 N–H and O–H groups in total. The summed E-state index contributed by atoms with van der Waals surface area (Å²) >= 11 is 0. The summed E-state index contributed by atoms with van der Waals surface area (Å²) < 4.78 is 10.5. The van der Waals surface area contributed by atoms with Gasteiger partial charge < -0.3 is 15.2 Å². The topological polar surface area (TPSA) is 44.5 Å². The summed E-state index contributed by atoms with van der Waals surface area (Å²) in [5, 5.41) is 0. The van der Waals surface area contributed by atoms with E-state index in [2.05, 4.69) is 0 Å². The Bertz CT molecular complexity index is 68.9. The molecular weight excluding hydrogens is 154 g/mol. The van der Waals surface area contributed by atoms with Gasteiger partial charge in [-0.25, -0.2) is 0 Å². The van der Waals surface area contributed by atoms with Crippen molar-refractivity contribution in [2.45, 2.75) is 26.2 Å². The van der Waals surface area contributed by atoms with E-state index < -0.39 is 0 Å². The highest BCUT2D eigenvalue weighted by Gasteiger charge is 1.89. The second-order valence-electron chi connectivity index (χ2n) is 2.66. The Hall–Kier alpha value is -0.120. The van der Waals surface area contributed by atoms with Gasteiger partial charge in [0.1, 0.15) is 0 Å². The van der Waals surface area contributed by atoms with Gasteiger partial charge in [-0.2, -0.15) is 0 Å². The van der Waals surface area contributed by atoms with Crippen molar-refractivity contribution in [3.8, 4) is 0 Å². The Morgan fingerprint density at radius 2 is 1.58 bits per heavy atom. The Labute approximate surface area is 75.2 Å². The quantitative estimate of drug-likeness (QED) is 0.535. The Kier molecular flexibility index (Phi) is 10.8. The van der Waals surface area contributed by atoms with Crippen molar-refractivity contribution in [1.82, 2.24) is 0 Å². The first-order valence-corrected chi connectivity index (χ1v) is 4.77. The predicted octanol–water partition coefficient (Wildman–Crippen LogP) is 1.17. The molecule has 0 aliphatic rings. The molecule has 0 radical (unpaired) electrons. The largest absolute Gasteiger partial charge is 0.382 e. The van der Waals surface area contributed by atoms with Gasteiger partial charge in [0.2, 0.25) is 0 Å². The number of rotatable bonds is 9. The minimum absolute atomic E-state index is 0.766. The summed E-state index contributed by atoms with van der Waals surface area (Å²) in [6.07, 6.45) is 3.13. The summed E-state index contributed by atoms with van der Waals surface area (Å²) in [4.78, 5) is 0. The number of hydrogen-bond donors (Lipinski definition) is 1. The van der Waals surface area contributed by atoms with E-state index in [-0.39, 0.29) is 0 Å². The highest BCUT2D eigenvalue weighted by atomic mass is 16.5. The van der Waals surface area contributed by atoms with Crippen LogP contribution >= 0.6 is 0 Å². The van der Waals surface area contributed by atoms with E-state index in [1.807, 2.05) is 6.92 Å². The number of ether oxygens (including phenoxy) is 2. The summed E-state index contributed by atoms with van der Waals surface area (Å²) in [7, 11) is 0. The molecule has 0 aromatic carbocycles. The first-order chi connectivity index (χ1) is 5.91. The van der Waals surface area contributed by atoms with E-state index in [0.717, 1.165) is 52.2 Å². The zero-order valence-corrected chi connectivity index (χ0v) is 8.05. The first-order valence-electron chi connectivity index (χ1n) is 4.77. The molecule has 0 aromatic heterocycles. The van der Waals surface area contributed by atoms with Crippen LogP contribution in [0.5, 0.6) is 0 Å². The summed E-state index contributed by atoms with van der Waals surface area (Å²) in [5.41, 5.74) is 5.33. The molecule has 0 amide bonds. The van der Waals surface area contributed by atoms with Crippen LogP contribution in [0.25, 0.3) is 0 Å². The molecule has 74 valence electrons. The van der Waals surface area contributed by atoms with Crippen LogP contribution in [0.1, 0.15) is 26.2 Å². The molecule has 0 saturated carbocycles. The number of hydrogen-bond acceptors (Lipinski definition) is 3. The maximum atomic E-state index is 5.35. The van der Waals surface area contributed by atoms with Crippen molar-refractivity contribution in [3.63, 3.8) is 0 Å². The first kappa shape index (κ1) is 11.9. The number of nitrogens with two attached hydrogens (primary N) is 1. The zero-order valence-electron chi connectivity index (χ0n) is 8.05. The van der Waals surface area contributed by atoms with Crippen molar-refractivity contribution in [3.05, 3.63) is 0 Å². The average molecular weight is 175 g/mol. The molecular formula is C9H21NO2. The third-order valence-electron chi connectivity index (χ3n) is 1.52. The third-order valence-corrected chi connectivity index (χ3v) is 1.52. The van der Waals surface area contributed by atoms with E-state index in [0.29, 0.717) is 0 Å². The second-order valence-corrected chi connectivity index (χ2v) is 2.66. The Balaban J connectivity index is 2.73. The third kappa shape index (κ3) is 9.88. The molecule has 0 bridgehead atoms. The van der Waals surface area contributed by atoms with E-state index in [1.54, 1.807) is 0 Å². The fraction of sp³-hybridized carbons (Fsp3) is 1.00. The normalized spacial score (nSPS) is 10.5. The maximum absolute atomic E-state index is 5.35. The van der Waals surface area contributed by atoms with Gasteiger partial charge >= 0.3 is 0 Å². The van der Waals surface area contributed by atoms with Gasteiger partial charge in [-0.3, -0.25) is 0 Å². The van der Waals surface area contributed by atoms with Gasteiger partial charge in [-0.1, -0.05) is 0 Å². The fourth-order valence-electron chi connectivity index (χ4n) is 0.858. The summed E-state index contributed by atoms with van der Waals surface area (Å²) in [6.45, 7) is 6.03. The van der Waals surface area contributed by atoms with Gasteiger partial charge in [-0.05, 0) is 32.7 Å². The maximum Gasteiger partial charge on any atom is 0.0487 e. The second kappa shape index (κ2) is 10.9. The van der Waals surface area contributed by atoms with Crippen LogP contribution in [-0.2, 0) is 9.47 Å². The molecule has 0 unspecified atom stereocenters. The molecule has 12 heavy (non-hydrogen) atoms. The van der Waals surface area contributed by atoms with Gasteiger partial charge in [0.25, 0.3) is 0 Å². The van der Waals surface area contributed by atoms with Crippen LogP contribution in [0.2, 0.25) is 0 Å². The van der Waals surface area contributed by atoms with E-state index in [1.165, 1.54) is 0 Å². The van der Waals surface area contributed by atoms with E-state index >= 15 is 0 Å². The highest BCUT2D eigenvalue weighted by molar-refractivity contribution is 4.39. The monoisotopic (exact) mass is 175 g/mol. The van der Waals surface area contributed by atoms with Crippen molar-refractivity contribution in [1.29, 1.82) is 0 Å². The lowest BCUT2D eigenvalue weighted by molar-refractivity contribution is 0.0864. The van der Waals surface area contributed by atoms with Gasteiger partial charge in [-0.15, -0.1) is 0 Å². The molecule has 0 spiro atoms. The van der Waals surface area contributed by atoms with Gasteiger partial charge in [0.05, 0.1) is 0 Å². The molecule has 3 heteroatoms. The van der Waals surface area contributed by atoms with Crippen LogP contribution < -0.4 is 5.73 Å². The van der Waals surface area contributed by atoms with Crippen molar-refractivity contribution < 1.29 is 9.47 Å². The van der Waals surface area contributed by atoms with Crippen molar-refractivity contribution >= 4 is 0 Å². The minimum Gasteiger partial charge on any atom is -0.382 e. The molecule has 0 atom stereocenters. The van der Waals surface area contributed by atoms with Crippen molar-refractivity contribution in [2.24, 2.45) is 5.73 Å². The molecule has 0 rings (SSSR count). The molecule has 0 fully saturated rings. The standard InChI is InChI=1S/C9H21NO2/c1-2-11-8-5-9-12-7-4-3-6-10/h2-10H2,1H3. The highest BCUT2D eigenvalue weighted by Crippen LogP contribution is 1.90. The SMILES string of the molecule is CCOCCCOCCCCN. The smallest absolute Gasteiger partial charge is 0.0487 e. The van der Waals surface area contributed by atoms with Crippen LogP contribution in [0.3, 0.4) is 0 Å². The Morgan fingerprint density at radius 3 is 2.25 bits per heavy atom. The van der Waals surface area contributed by atoms with Crippen molar-refractivity contribution in [2.75, 3.05) is 33.0 Å². The minimum atomic E-state index is 0.766. The van der Waals surface area contributed by atoms with Gasteiger partial charge in [0, 0.05) is 26.4 Å². The Morgan fingerprint density at radius 1 is 0.917 bits per heavy atom. The molecule has 0 saturated heterocycles. The lowest BCUT2D eigenvalue weighted by Crippen LogP contribution is -2.04. The molecule has 0 aliphatic carbocycles. The molecule has 0 heterocycles. The predicted molar refractivity (Wildman–Crippen MR) is 50.2 cm³/mol. The van der Waals surface area contributed by atoms with Gasteiger partial charge in [0.15, 0.2) is 0 Å². The molecule has 3 nitrogen and oxygen atoms in total. The summed E-state index contributed by atoms with van der Waals surface area (Å²) in [6, 6.07) is 0. The lowest BCUT2D eigenvalue weighted by atomic mass is 10.3. The summed E-state index contributed by atoms with van der Waals surface area (Å²) in [5.74, 6) is 0. The van der Waals surface area contributed by atoms with E-state index in [9.17, 15) is 0 Å². The molecule has 0 aliphatic heterocycles. The fourth-order valence-corrected chi connectivity index (χ4v) is 0.858. The lowest BCUT2D eigenvalue weighted by Gasteiger charge is -2.03. The van der Waals surface area contributed by atoms with Crippen LogP contribution in [-0.4, -0.2) is 33.0 Å². The number of unbranched alkanes of at least 4 members (excludes halogenated alkanes) is 1. The van der Waals surface area contributed by atoms with Crippen LogP contribution in [0, 0.1) is 0 Å².